The third-order valence-corrected chi connectivity index (χ3v) is 4.74. The summed E-state index contributed by atoms with van der Waals surface area (Å²) in [5.41, 5.74) is 0.989. The van der Waals surface area contributed by atoms with Gasteiger partial charge in [0.1, 0.15) is 0 Å². The smallest absolute Gasteiger partial charge is 0.260 e. The van der Waals surface area contributed by atoms with Crippen LogP contribution in [0.5, 0.6) is 0 Å². The van der Waals surface area contributed by atoms with Gasteiger partial charge >= 0.3 is 0 Å². The number of hydrogen-bond acceptors (Lipinski definition) is 4. The molecule has 0 atom stereocenters. The van der Waals surface area contributed by atoms with Gasteiger partial charge in [0.25, 0.3) is 10.0 Å². The van der Waals surface area contributed by atoms with Crippen LogP contribution in [0.1, 0.15) is 39.2 Å². The molecule has 114 valence electrons. The fourth-order valence-corrected chi connectivity index (χ4v) is 3.46. The number of nitrogens with one attached hydrogen (secondary N) is 1. The molecular formula is C14H25N3O2S. The highest BCUT2D eigenvalue weighted by Crippen LogP contribution is 2.14. The van der Waals surface area contributed by atoms with Crippen LogP contribution in [-0.2, 0) is 16.6 Å². The quantitative estimate of drug-likeness (QED) is 0.757. The van der Waals surface area contributed by atoms with E-state index in [4.69, 9.17) is 0 Å². The topological polar surface area (TPSA) is 62.3 Å². The summed E-state index contributed by atoms with van der Waals surface area (Å²) in [6, 6.07) is 3.42. The van der Waals surface area contributed by atoms with Gasteiger partial charge in [0, 0.05) is 25.8 Å². The molecule has 0 aliphatic rings. The normalized spacial score (nSPS) is 12.0. The standard InChI is InChI=1S/C14H25N3O2S/c1-4-9-17(10-5-2)20(18,19)14-8-7-13(12-16-14)11-15-6-3/h7-8,12,15H,4-6,9-11H2,1-3H3. The summed E-state index contributed by atoms with van der Waals surface area (Å²) >= 11 is 0. The van der Waals surface area contributed by atoms with Gasteiger partial charge in [0.15, 0.2) is 5.03 Å². The Balaban J connectivity index is 2.90. The van der Waals surface area contributed by atoms with Gasteiger partial charge in [-0.3, -0.25) is 0 Å². The van der Waals surface area contributed by atoms with Crippen molar-refractivity contribution in [3.8, 4) is 0 Å². The molecule has 0 aliphatic heterocycles. The van der Waals surface area contributed by atoms with Crippen molar-refractivity contribution < 1.29 is 8.42 Å². The Hall–Kier alpha value is -0.980. The van der Waals surface area contributed by atoms with Crippen molar-refractivity contribution in [1.82, 2.24) is 14.6 Å². The van der Waals surface area contributed by atoms with Crippen molar-refractivity contribution in [1.29, 1.82) is 0 Å². The molecule has 5 nitrogen and oxygen atoms in total. The second-order valence-electron chi connectivity index (χ2n) is 4.69. The second-order valence-corrected chi connectivity index (χ2v) is 6.57. The molecular weight excluding hydrogens is 274 g/mol. The fraction of sp³-hybridized carbons (Fsp3) is 0.643. The Morgan fingerprint density at radius 2 is 1.80 bits per heavy atom. The maximum Gasteiger partial charge on any atom is 0.260 e. The van der Waals surface area contributed by atoms with E-state index < -0.39 is 10.0 Å². The summed E-state index contributed by atoms with van der Waals surface area (Å²) in [5.74, 6) is 0. The summed E-state index contributed by atoms with van der Waals surface area (Å²) in [6.45, 7) is 8.64. The van der Waals surface area contributed by atoms with E-state index in [1.54, 1.807) is 12.3 Å². The van der Waals surface area contributed by atoms with E-state index in [2.05, 4.69) is 10.3 Å². The van der Waals surface area contributed by atoms with Gasteiger partial charge in [-0.1, -0.05) is 26.8 Å². The lowest BCUT2D eigenvalue weighted by Crippen LogP contribution is -2.33. The number of sulfonamides is 1. The summed E-state index contributed by atoms with van der Waals surface area (Å²) < 4.78 is 26.5. The largest absolute Gasteiger partial charge is 0.313 e. The molecule has 0 saturated heterocycles. The molecule has 1 heterocycles. The molecule has 0 spiro atoms. The molecule has 0 fully saturated rings. The lowest BCUT2D eigenvalue weighted by Gasteiger charge is -2.20. The SMILES string of the molecule is CCCN(CCC)S(=O)(=O)c1ccc(CNCC)cn1. The lowest BCUT2D eigenvalue weighted by molar-refractivity contribution is 0.408. The van der Waals surface area contributed by atoms with Gasteiger partial charge in [-0.15, -0.1) is 0 Å². The Morgan fingerprint density at radius 3 is 2.25 bits per heavy atom. The summed E-state index contributed by atoms with van der Waals surface area (Å²) in [7, 11) is -3.46. The van der Waals surface area contributed by atoms with E-state index in [0.29, 0.717) is 19.6 Å². The van der Waals surface area contributed by atoms with Crippen LogP contribution in [0.4, 0.5) is 0 Å². The first-order valence-corrected chi connectivity index (χ1v) is 8.66. The second kappa shape index (κ2) is 8.34. The molecule has 20 heavy (non-hydrogen) atoms. The first-order valence-electron chi connectivity index (χ1n) is 7.22. The number of nitrogens with zero attached hydrogens (tertiary/aromatic N) is 2. The molecule has 6 heteroatoms. The van der Waals surface area contributed by atoms with E-state index in [0.717, 1.165) is 24.9 Å². The summed E-state index contributed by atoms with van der Waals surface area (Å²) in [4.78, 5) is 4.12. The molecule has 0 amide bonds. The number of aromatic nitrogens is 1. The molecule has 0 aliphatic carbocycles. The zero-order valence-corrected chi connectivity index (χ0v) is 13.4. The highest BCUT2D eigenvalue weighted by atomic mass is 32.2. The van der Waals surface area contributed by atoms with Crippen molar-refractivity contribution in [3.63, 3.8) is 0 Å². The molecule has 1 N–H and O–H groups in total. The summed E-state index contributed by atoms with van der Waals surface area (Å²) in [6.07, 6.45) is 3.24. The maximum atomic E-state index is 12.5. The monoisotopic (exact) mass is 299 g/mol. The highest BCUT2D eigenvalue weighted by Gasteiger charge is 2.24. The van der Waals surface area contributed by atoms with Crippen LogP contribution in [0.3, 0.4) is 0 Å². The van der Waals surface area contributed by atoms with Crippen LogP contribution >= 0.6 is 0 Å². The lowest BCUT2D eigenvalue weighted by atomic mass is 10.3. The molecule has 0 aromatic carbocycles. The van der Waals surface area contributed by atoms with Crippen LogP contribution in [-0.4, -0.2) is 37.3 Å². The van der Waals surface area contributed by atoms with Crippen LogP contribution in [0.15, 0.2) is 23.4 Å². The fourth-order valence-electron chi connectivity index (χ4n) is 1.92. The third kappa shape index (κ3) is 4.54. The van der Waals surface area contributed by atoms with Gasteiger partial charge in [0.2, 0.25) is 0 Å². The van der Waals surface area contributed by atoms with E-state index in [9.17, 15) is 8.42 Å². The highest BCUT2D eigenvalue weighted by molar-refractivity contribution is 7.89. The van der Waals surface area contributed by atoms with Gasteiger partial charge in [-0.05, 0) is 31.0 Å². The van der Waals surface area contributed by atoms with E-state index in [-0.39, 0.29) is 5.03 Å². The summed E-state index contributed by atoms with van der Waals surface area (Å²) in [5, 5.41) is 3.32. The number of pyridine rings is 1. The number of hydrogen-bond donors (Lipinski definition) is 1. The van der Waals surface area contributed by atoms with Crippen LogP contribution in [0.25, 0.3) is 0 Å². The van der Waals surface area contributed by atoms with Gasteiger partial charge in [0.05, 0.1) is 0 Å². The predicted octanol–water partition coefficient (Wildman–Crippen LogP) is 2.00. The Morgan fingerprint density at radius 1 is 1.15 bits per heavy atom. The molecule has 1 aromatic rings. The van der Waals surface area contributed by atoms with Crippen LogP contribution in [0.2, 0.25) is 0 Å². The van der Waals surface area contributed by atoms with E-state index in [1.165, 1.54) is 4.31 Å². The molecule has 0 radical (unpaired) electrons. The zero-order valence-electron chi connectivity index (χ0n) is 12.6. The minimum absolute atomic E-state index is 0.139. The molecule has 0 saturated carbocycles. The van der Waals surface area contributed by atoms with Crippen LogP contribution in [0, 0.1) is 0 Å². The molecule has 0 bridgehead atoms. The van der Waals surface area contributed by atoms with Crippen LogP contribution < -0.4 is 5.32 Å². The minimum Gasteiger partial charge on any atom is -0.313 e. The zero-order chi connectivity index (χ0) is 15.0. The van der Waals surface area contributed by atoms with Crippen molar-refractivity contribution >= 4 is 10.0 Å². The third-order valence-electron chi connectivity index (χ3n) is 2.93. The van der Waals surface area contributed by atoms with Crippen molar-refractivity contribution in [3.05, 3.63) is 23.9 Å². The predicted molar refractivity (Wildman–Crippen MR) is 81.0 cm³/mol. The van der Waals surface area contributed by atoms with Crippen molar-refractivity contribution in [2.24, 2.45) is 0 Å². The van der Waals surface area contributed by atoms with Gasteiger partial charge in [-0.25, -0.2) is 13.4 Å². The average molecular weight is 299 g/mol. The Bertz CT molecular complexity index is 480. The van der Waals surface area contributed by atoms with E-state index in [1.807, 2.05) is 26.8 Å². The average Bonchev–Trinajstić information content (AvgIpc) is 2.45. The Labute approximate surface area is 122 Å². The van der Waals surface area contributed by atoms with Crippen molar-refractivity contribution in [2.75, 3.05) is 19.6 Å². The minimum atomic E-state index is -3.46. The van der Waals surface area contributed by atoms with Crippen molar-refractivity contribution in [2.45, 2.75) is 45.2 Å². The Kier molecular flexibility index (Phi) is 7.12. The van der Waals surface area contributed by atoms with E-state index >= 15 is 0 Å². The first-order chi connectivity index (χ1) is 9.56. The van der Waals surface area contributed by atoms with Gasteiger partial charge < -0.3 is 5.32 Å². The molecule has 1 rings (SSSR count). The molecule has 0 unspecified atom stereocenters. The molecule has 1 aromatic heterocycles. The first kappa shape index (κ1) is 17.1. The number of rotatable bonds is 9. The van der Waals surface area contributed by atoms with Gasteiger partial charge in [-0.2, -0.15) is 4.31 Å². The maximum absolute atomic E-state index is 12.5.